The number of fused-ring (bicyclic) bond motifs is 1. The summed E-state index contributed by atoms with van der Waals surface area (Å²) >= 11 is 0. The number of aromatic nitrogens is 3. The maximum absolute atomic E-state index is 13.2. The number of hydrogen-bond acceptors (Lipinski definition) is 8. The second-order valence-electron chi connectivity index (χ2n) is 8.72. The van der Waals surface area contributed by atoms with Crippen molar-refractivity contribution in [2.45, 2.75) is 30.7 Å². The normalized spacial score (nSPS) is 14.5. The van der Waals surface area contributed by atoms with Gasteiger partial charge in [-0.1, -0.05) is 24.3 Å². The van der Waals surface area contributed by atoms with Gasteiger partial charge in [0, 0.05) is 48.2 Å². The second-order valence-corrected chi connectivity index (χ2v) is 10.4. The van der Waals surface area contributed by atoms with Crippen molar-refractivity contribution in [3.05, 3.63) is 78.1 Å². The smallest absolute Gasteiger partial charge is 0.242 e. The quantitative estimate of drug-likeness (QED) is 0.409. The minimum Gasteiger partial charge on any atom is -0.356 e. The van der Waals surface area contributed by atoms with Gasteiger partial charge < -0.3 is 10.2 Å². The number of hydrogen-bond donors (Lipinski definition) is 2. The third-order valence-corrected chi connectivity index (χ3v) is 7.67. The molecule has 4 aromatic rings. The van der Waals surface area contributed by atoms with Crippen LogP contribution < -0.4 is 14.9 Å². The van der Waals surface area contributed by atoms with Crippen molar-refractivity contribution in [2.75, 3.05) is 23.3 Å². The largest absolute Gasteiger partial charge is 0.356 e. The van der Waals surface area contributed by atoms with E-state index in [9.17, 15) is 8.42 Å². The molecule has 5 rings (SSSR count). The number of nitriles is 1. The maximum atomic E-state index is 13.2. The van der Waals surface area contributed by atoms with Crippen LogP contribution in [0.25, 0.3) is 10.9 Å². The zero-order valence-electron chi connectivity index (χ0n) is 19.7. The third-order valence-electron chi connectivity index (χ3n) is 6.11. The molecule has 2 N–H and O–H groups in total. The molecule has 3 heterocycles. The molecule has 0 spiro atoms. The number of sulfonamides is 1. The molecule has 182 valence electrons. The average Bonchev–Trinajstić information content (AvgIpc) is 2.88. The number of piperidine rings is 1. The monoisotopic (exact) mass is 499 g/mol. The van der Waals surface area contributed by atoms with Crippen LogP contribution in [-0.4, -0.2) is 42.5 Å². The Labute approximate surface area is 209 Å². The molecule has 36 heavy (non-hydrogen) atoms. The van der Waals surface area contributed by atoms with Gasteiger partial charge in [-0.25, -0.2) is 18.1 Å². The molecule has 1 aliphatic heterocycles. The van der Waals surface area contributed by atoms with Crippen LogP contribution in [0, 0.1) is 18.3 Å². The van der Waals surface area contributed by atoms with E-state index in [2.05, 4.69) is 36.0 Å². The number of pyridine rings is 1. The van der Waals surface area contributed by atoms with Crippen LogP contribution in [0.1, 0.15) is 24.1 Å². The summed E-state index contributed by atoms with van der Waals surface area (Å²) in [5, 5.41) is 13.1. The van der Waals surface area contributed by atoms with Crippen molar-refractivity contribution in [3.8, 4) is 6.07 Å². The van der Waals surface area contributed by atoms with Gasteiger partial charge in [-0.05, 0) is 50.1 Å². The van der Waals surface area contributed by atoms with Crippen LogP contribution in [0.15, 0.2) is 71.8 Å². The fourth-order valence-corrected chi connectivity index (χ4v) is 5.85. The van der Waals surface area contributed by atoms with Crippen LogP contribution in [-0.2, 0) is 10.0 Å². The van der Waals surface area contributed by atoms with Crippen molar-refractivity contribution >= 4 is 38.4 Å². The van der Waals surface area contributed by atoms with Gasteiger partial charge in [0.05, 0.1) is 17.1 Å². The van der Waals surface area contributed by atoms with E-state index in [1.807, 2.05) is 31.2 Å². The lowest BCUT2D eigenvalue weighted by molar-refractivity contribution is 0.458. The lowest BCUT2D eigenvalue weighted by Crippen LogP contribution is -2.45. The van der Waals surface area contributed by atoms with Crippen LogP contribution in [0.2, 0.25) is 0 Å². The molecule has 2 aromatic heterocycles. The predicted molar refractivity (Wildman–Crippen MR) is 139 cm³/mol. The topological polar surface area (TPSA) is 124 Å². The van der Waals surface area contributed by atoms with E-state index in [1.165, 1.54) is 0 Å². The van der Waals surface area contributed by atoms with Crippen molar-refractivity contribution in [1.82, 2.24) is 19.7 Å². The van der Waals surface area contributed by atoms with Gasteiger partial charge in [-0.2, -0.15) is 10.2 Å². The first kappa shape index (κ1) is 23.7. The zero-order chi connectivity index (χ0) is 25.1. The maximum Gasteiger partial charge on any atom is 0.242 e. The second kappa shape index (κ2) is 9.89. The molecule has 0 amide bonds. The van der Waals surface area contributed by atoms with E-state index < -0.39 is 10.0 Å². The summed E-state index contributed by atoms with van der Waals surface area (Å²) in [6.07, 6.45) is 2.90. The van der Waals surface area contributed by atoms with Crippen LogP contribution in [0.5, 0.6) is 0 Å². The first-order valence-electron chi connectivity index (χ1n) is 11.7. The predicted octanol–water partition coefficient (Wildman–Crippen LogP) is 3.90. The summed E-state index contributed by atoms with van der Waals surface area (Å²) in [6.45, 7) is 3.21. The van der Waals surface area contributed by atoms with E-state index in [0.29, 0.717) is 43.0 Å². The summed E-state index contributed by atoms with van der Waals surface area (Å²) in [6, 6.07) is 19.8. The molecule has 0 radical (unpaired) electrons. The Morgan fingerprint density at radius 2 is 1.81 bits per heavy atom. The molecule has 2 aromatic carbocycles. The highest BCUT2D eigenvalue weighted by atomic mass is 32.2. The van der Waals surface area contributed by atoms with Crippen molar-refractivity contribution in [2.24, 2.45) is 0 Å². The number of para-hydroxylation sites is 1. The number of benzene rings is 2. The van der Waals surface area contributed by atoms with Crippen molar-refractivity contribution < 1.29 is 8.42 Å². The Balaban J connectivity index is 1.27. The van der Waals surface area contributed by atoms with E-state index in [4.69, 9.17) is 5.26 Å². The van der Waals surface area contributed by atoms with Gasteiger partial charge in [-0.15, -0.1) is 0 Å². The fourth-order valence-electron chi connectivity index (χ4n) is 4.37. The summed E-state index contributed by atoms with van der Waals surface area (Å²) < 4.78 is 29.2. The summed E-state index contributed by atoms with van der Waals surface area (Å²) in [7, 11) is -3.71. The zero-order valence-corrected chi connectivity index (χ0v) is 20.5. The molecule has 1 fully saturated rings. The van der Waals surface area contributed by atoms with Gasteiger partial charge in [0.1, 0.15) is 10.7 Å². The Morgan fingerprint density at radius 3 is 2.61 bits per heavy atom. The van der Waals surface area contributed by atoms with Gasteiger partial charge in [-0.3, -0.25) is 4.98 Å². The summed E-state index contributed by atoms with van der Waals surface area (Å²) in [5.74, 6) is 1.23. The Morgan fingerprint density at radius 1 is 1.03 bits per heavy atom. The molecule has 10 heteroatoms. The molecule has 0 atom stereocenters. The van der Waals surface area contributed by atoms with Crippen molar-refractivity contribution in [3.63, 3.8) is 0 Å². The molecule has 1 saturated heterocycles. The number of nitrogens with zero attached hydrogens (tertiary/aromatic N) is 5. The van der Waals surface area contributed by atoms with E-state index in [1.54, 1.807) is 42.6 Å². The highest BCUT2D eigenvalue weighted by molar-refractivity contribution is 7.89. The van der Waals surface area contributed by atoms with Gasteiger partial charge in [0.25, 0.3) is 0 Å². The number of rotatable bonds is 6. The number of anilines is 3. The molecular weight excluding hydrogens is 474 g/mol. The van der Waals surface area contributed by atoms with Crippen molar-refractivity contribution in [1.29, 1.82) is 5.26 Å². The van der Waals surface area contributed by atoms with E-state index >= 15 is 0 Å². The summed E-state index contributed by atoms with van der Waals surface area (Å²) in [4.78, 5) is 15.8. The van der Waals surface area contributed by atoms with E-state index in [0.717, 1.165) is 22.6 Å². The lowest BCUT2D eigenvalue weighted by Gasteiger charge is -2.33. The molecule has 0 bridgehead atoms. The Bertz CT molecular complexity index is 1550. The van der Waals surface area contributed by atoms with Crippen LogP contribution >= 0.6 is 0 Å². The lowest BCUT2D eigenvalue weighted by atomic mass is 10.1. The van der Waals surface area contributed by atoms with Gasteiger partial charge in [0.2, 0.25) is 16.0 Å². The summed E-state index contributed by atoms with van der Waals surface area (Å²) in [5.41, 5.74) is 2.57. The molecule has 0 unspecified atom stereocenters. The average molecular weight is 500 g/mol. The Hall–Kier alpha value is -4.07. The fraction of sp³-hybridized carbons (Fsp3) is 0.231. The Kier molecular flexibility index (Phi) is 6.50. The minimum absolute atomic E-state index is 0.181. The molecule has 1 aliphatic rings. The number of aryl methyl sites for hydroxylation is 1. The van der Waals surface area contributed by atoms with Gasteiger partial charge >= 0.3 is 0 Å². The minimum atomic E-state index is -3.71. The third kappa shape index (κ3) is 5.12. The van der Waals surface area contributed by atoms with Crippen LogP contribution in [0.4, 0.5) is 17.5 Å². The first-order valence-corrected chi connectivity index (χ1v) is 13.1. The van der Waals surface area contributed by atoms with Crippen LogP contribution in [0.3, 0.4) is 0 Å². The first-order chi connectivity index (χ1) is 17.4. The molecule has 0 aliphatic carbocycles. The van der Waals surface area contributed by atoms with Gasteiger partial charge in [0.15, 0.2) is 0 Å². The highest BCUT2D eigenvalue weighted by Crippen LogP contribution is 2.25. The molecular formula is C26H25N7O2S. The highest BCUT2D eigenvalue weighted by Gasteiger charge is 2.27. The van der Waals surface area contributed by atoms with E-state index in [-0.39, 0.29) is 10.9 Å². The number of nitrogens with one attached hydrogen (secondary N) is 2. The SMILES string of the molecule is Cc1cc(N2CCC(NS(=O)(=O)c3cccc4cccnc34)CC2)nc(Nc2cccc(C#N)c2)n1. The standard InChI is InChI=1S/C26H25N7O2S/c1-18-15-24(31-26(29-18)30-22-8-2-5-19(16-22)17-27)33-13-10-21(11-14-33)32-36(34,35)23-9-3-6-20-7-4-12-28-25(20)23/h2-9,12,15-16,21,32H,10-11,13-14H2,1H3,(H,29,30,31). The molecule has 9 nitrogen and oxygen atoms in total. The molecule has 0 saturated carbocycles.